The van der Waals surface area contributed by atoms with Crippen molar-refractivity contribution in [3.63, 3.8) is 0 Å². The van der Waals surface area contributed by atoms with E-state index in [0.717, 1.165) is 0 Å². The second-order valence-corrected chi connectivity index (χ2v) is 5.75. The quantitative estimate of drug-likeness (QED) is 0.805. The first-order valence-corrected chi connectivity index (χ1v) is 6.05. The van der Waals surface area contributed by atoms with Crippen LogP contribution in [0.5, 0.6) is 0 Å². The van der Waals surface area contributed by atoms with E-state index in [9.17, 15) is 8.42 Å². The third kappa shape index (κ3) is 2.26. The molecule has 0 amide bonds. The van der Waals surface area contributed by atoms with E-state index >= 15 is 0 Å². The van der Waals surface area contributed by atoms with Crippen LogP contribution in [-0.4, -0.2) is 24.3 Å². The van der Waals surface area contributed by atoms with Crippen molar-refractivity contribution in [3.8, 4) is 0 Å². The average molecular weight is 235 g/mol. The van der Waals surface area contributed by atoms with E-state index < -0.39 is 20.7 Å². The van der Waals surface area contributed by atoms with Gasteiger partial charge in [-0.25, -0.2) is 8.42 Å². The van der Waals surface area contributed by atoms with Gasteiger partial charge in [-0.2, -0.15) is 0 Å². The predicted octanol–water partition coefficient (Wildman–Crippen LogP) is 1.41. The van der Waals surface area contributed by atoms with Gasteiger partial charge in [-0.3, -0.25) is 0 Å². The molecule has 1 aromatic rings. The van der Waals surface area contributed by atoms with Crippen molar-refractivity contribution in [3.05, 3.63) is 30.3 Å². The van der Waals surface area contributed by atoms with Crippen LogP contribution in [0.25, 0.3) is 0 Å². The monoisotopic (exact) mass is 234 g/mol. The van der Waals surface area contributed by atoms with E-state index in [1.165, 1.54) is 19.1 Å². The fraction of sp³-hybridized carbons (Fsp3) is 0.333. The third-order valence-electron chi connectivity index (χ3n) is 1.75. The van der Waals surface area contributed by atoms with E-state index in [0.29, 0.717) is 0 Å². The second kappa shape index (κ2) is 4.29. The lowest BCUT2D eigenvalue weighted by atomic mass is 10.4. The van der Waals surface area contributed by atoms with Gasteiger partial charge in [0, 0.05) is 0 Å². The molecule has 14 heavy (non-hydrogen) atoms. The molecular formula is C9H11ClO3S. The normalized spacial score (nSPS) is 16.2. The number of hydrogen-bond donors (Lipinski definition) is 1. The number of benzene rings is 1. The summed E-state index contributed by atoms with van der Waals surface area (Å²) in [5.74, 6) is 0. The maximum Gasteiger partial charge on any atom is 0.197 e. The maximum absolute atomic E-state index is 11.7. The highest BCUT2D eigenvalue weighted by molar-refractivity contribution is 7.93. The van der Waals surface area contributed by atoms with Crippen LogP contribution in [0.2, 0.25) is 0 Å². The molecule has 0 heterocycles. The Hall–Kier alpha value is -0.580. The van der Waals surface area contributed by atoms with Gasteiger partial charge in [0.15, 0.2) is 14.5 Å². The molecule has 0 aliphatic rings. The van der Waals surface area contributed by atoms with Gasteiger partial charge >= 0.3 is 0 Å². The Balaban J connectivity index is 3.10. The van der Waals surface area contributed by atoms with E-state index in [-0.39, 0.29) is 4.90 Å². The van der Waals surface area contributed by atoms with Crippen molar-refractivity contribution in [1.29, 1.82) is 0 Å². The molecule has 78 valence electrons. The van der Waals surface area contributed by atoms with Crippen LogP contribution in [0.4, 0.5) is 0 Å². The molecular weight excluding hydrogens is 224 g/mol. The molecule has 5 heteroatoms. The Morgan fingerprint density at radius 3 is 2.21 bits per heavy atom. The molecule has 0 radical (unpaired) electrons. The summed E-state index contributed by atoms with van der Waals surface area (Å²) in [6.07, 6.45) is -1.10. The lowest BCUT2D eigenvalue weighted by molar-refractivity contribution is 0.208. The zero-order valence-corrected chi connectivity index (χ0v) is 9.16. The molecule has 3 nitrogen and oxygen atoms in total. The molecule has 2 unspecified atom stereocenters. The topological polar surface area (TPSA) is 54.4 Å². The Morgan fingerprint density at radius 2 is 1.79 bits per heavy atom. The number of hydrogen-bond acceptors (Lipinski definition) is 3. The molecule has 0 saturated heterocycles. The zero-order valence-electron chi connectivity index (χ0n) is 7.59. The first-order chi connectivity index (χ1) is 6.46. The largest absolute Gasteiger partial charge is 0.391 e. The number of halogens is 1. The van der Waals surface area contributed by atoms with E-state index in [1.54, 1.807) is 18.2 Å². The minimum Gasteiger partial charge on any atom is -0.391 e. The molecule has 1 rings (SSSR count). The summed E-state index contributed by atoms with van der Waals surface area (Å²) in [5, 5.41) is 9.11. The highest BCUT2D eigenvalue weighted by Gasteiger charge is 2.28. The summed E-state index contributed by atoms with van der Waals surface area (Å²) in [4.78, 5) is 0.126. The van der Waals surface area contributed by atoms with E-state index in [4.69, 9.17) is 16.7 Å². The predicted molar refractivity (Wildman–Crippen MR) is 54.9 cm³/mol. The fourth-order valence-corrected chi connectivity index (χ4v) is 2.62. The minimum atomic E-state index is -3.62. The highest BCUT2D eigenvalue weighted by Crippen LogP contribution is 2.20. The lowest BCUT2D eigenvalue weighted by Gasteiger charge is -2.13. The Kier molecular flexibility index (Phi) is 3.53. The summed E-state index contributed by atoms with van der Waals surface area (Å²) in [6, 6.07) is 7.84. The van der Waals surface area contributed by atoms with Crippen LogP contribution in [0.1, 0.15) is 6.92 Å². The van der Waals surface area contributed by atoms with Gasteiger partial charge in [0.25, 0.3) is 0 Å². The van der Waals surface area contributed by atoms with Gasteiger partial charge in [-0.1, -0.05) is 18.2 Å². The summed E-state index contributed by atoms with van der Waals surface area (Å²) in [5.41, 5.74) is 0. The molecule has 0 aliphatic carbocycles. The highest BCUT2D eigenvalue weighted by atomic mass is 35.5. The second-order valence-electron chi connectivity index (χ2n) is 2.95. The SMILES string of the molecule is CC(O)C(Cl)S(=O)(=O)c1ccccc1. The molecule has 0 bridgehead atoms. The van der Waals surface area contributed by atoms with Gasteiger partial charge in [-0.05, 0) is 19.1 Å². The van der Waals surface area contributed by atoms with Crippen molar-refractivity contribution in [1.82, 2.24) is 0 Å². The average Bonchev–Trinajstić information content (AvgIpc) is 2.18. The minimum absolute atomic E-state index is 0.126. The molecule has 1 aromatic carbocycles. The summed E-state index contributed by atoms with van der Waals surface area (Å²) in [6.45, 7) is 1.35. The number of aliphatic hydroxyl groups is 1. The molecule has 2 atom stereocenters. The Labute approximate surface area is 88.2 Å². The van der Waals surface area contributed by atoms with Crippen molar-refractivity contribution >= 4 is 21.4 Å². The fourth-order valence-electron chi connectivity index (χ4n) is 0.999. The van der Waals surface area contributed by atoms with Crippen LogP contribution < -0.4 is 0 Å². The first-order valence-electron chi connectivity index (χ1n) is 4.07. The van der Waals surface area contributed by atoms with Crippen molar-refractivity contribution in [2.75, 3.05) is 0 Å². The van der Waals surface area contributed by atoms with E-state index in [2.05, 4.69) is 0 Å². The summed E-state index contributed by atoms with van der Waals surface area (Å²) in [7, 11) is -3.62. The lowest BCUT2D eigenvalue weighted by Crippen LogP contribution is -2.26. The molecule has 0 aliphatic heterocycles. The summed E-state index contributed by atoms with van der Waals surface area (Å²) < 4.78 is 22.1. The van der Waals surface area contributed by atoms with Gasteiger partial charge in [0.2, 0.25) is 0 Å². The standard InChI is InChI=1S/C9H11ClO3S/c1-7(11)9(10)14(12,13)8-5-3-2-4-6-8/h2-7,9,11H,1H3. The maximum atomic E-state index is 11.7. The van der Waals surface area contributed by atoms with Crippen LogP contribution in [0, 0.1) is 0 Å². The van der Waals surface area contributed by atoms with Gasteiger partial charge < -0.3 is 5.11 Å². The van der Waals surface area contributed by atoms with Crippen molar-refractivity contribution < 1.29 is 13.5 Å². The van der Waals surface area contributed by atoms with Crippen LogP contribution in [0.15, 0.2) is 35.2 Å². The number of sulfone groups is 1. The summed E-state index contributed by atoms with van der Waals surface area (Å²) >= 11 is 5.60. The Morgan fingerprint density at radius 1 is 1.29 bits per heavy atom. The van der Waals surface area contributed by atoms with Gasteiger partial charge in [-0.15, -0.1) is 11.6 Å². The number of alkyl halides is 1. The van der Waals surface area contributed by atoms with Crippen LogP contribution >= 0.6 is 11.6 Å². The molecule has 0 fully saturated rings. The molecule has 1 N–H and O–H groups in total. The zero-order chi connectivity index (χ0) is 10.8. The Bertz CT molecular complexity index is 386. The van der Waals surface area contributed by atoms with Crippen LogP contribution in [-0.2, 0) is 9.84 Å². The number of rotatable bonds is 3. The van der Waals surface area contributed by atoms with Crippen LogP contribution in [0.3, 0.4) is 0 Å². The van der Waals surface area contributed by atoms with Gasteiger partial charge in [0.1, 0.15) is 0 Å². The first kappa shape index (κ1) is 11.5. The van der Waals surface area contributed by atoms with E-state index in [1.807, 2.05) is 0 Å². The smallest absolute Gasteiger partial charge is 0.197 e. The number of aliphatic hydroxyl groups excluding tert-OH is 1. The molecule has 0 saturated carbocycles. The van der Waals surface area contributed by atoms with Gasteiger partial charge in [0.05, 0.1) is 11.0 Å². The molecule has 0 aromatic heterocycles. The van der Waals surface area contributed by atoms with Crippen molar-refractivity contribution in [2.45, 2.75) is 22.6 Å². The van der Waals surface area contributed by atoms with Crippen molar-refractivity contribution in [2.24, 2.45) is 0 Å². The third-order valence-corrected chi connectivity index (χ3v) is 4.73. The molecule has 0 spiro atoms.